The molecule has 0 saturated heterocycles. The second-order valence-corrected chi connectivity index (χ2v) is 5.05. The molecule has 94 valence electrons. The summed E-state index contributed by atoms with van der Waals surface area (Å²) in [5.74, 6) is -1.86. The monoisotopic (exact) mass is 334 g/mol. The second-order valence-electron chi connectivity index (χ2n) is 3.69. The van der Waals surface area contributed by atoms with Gasteiger partial charge in [-0.1, -0.05) is 22.0 Å². The Morgan fingerprint density at radius 3 is 2.28 bits per heavy atom. The average molecular weight is 336 g/mol. The van der Waals surface area contributed by atoms with Crippen LogP contribution >= 0.6 is 27.5 Å². The lowest BCUT2D eigenvalue weighted by Crippen LogP contribution is -2.00. The Bertz CT molecular complexity index is 586. The molecule has 0 aliphatic heterocycles. The Hall–Kier alpha value is -1.00. The van der Waals surface area contributed by atoms with Crippen LogP contribution in [0.5, 0.6) is 0 Å². The Kier molecular flexibility index (Phi) is 3.97. The Balaban J connectivity index is 2.47. The van der Waals surface area contributed by atoms with Crippen LogP contribution in [0.2, 0.25) is 0 Å². The first kappa shape index (κ1) is 13.4. The second kappa shape index (κ2) is 5.33. The number of halogens is 5. The lowest BCUT2D eigenvalue weighted by atomic mass is 10.0. The molecule has 2 aromatic rings. The predicted molar refractivity (Wildman–Crippen MR) is 68.2 cm³/mol. The maximum atomic E-state index is 13.7. The SMILES string of the molecule is Fc1ccc(F)c(C(Cl)c2ccc(Br)cc2F)c1. The Morgan fingerprint density at radius 1 is 0.889 bits per heavy atom. The zero-order chi connectivity index (χ0) is 13.3. The quantitative estimate of drug-likeness (QED) is 0.662. The highest BCUT2D eigenvalue weighted by atomic mass is 79.9. The summed E-state index contributed by atoms with van der Waals surface area (Å²) in [7, 11) is 0. The van der Waals surface area contributed by atoms with Crippen molar-refractivity contribution in [1.29, 1.82) is 0 Å². The normalized spacial score (nSPS) is 12.5. The van der Waals surface area contributed by atoms with E-state index < -0.39 is 22.8 Å². The zero-order valence-electron chi connectivity index (χ0n) is 8.93. The summed E-state index contributed by atoms with van der Waals surface area (Å²) in [6.45, 7) is 0. The Labute approximate surface area is 116 Å². The van der Waals surface area contributed by atoms with Crippen LogP contribution in [0.25, 0.3) is 0 Å². The van der Waals surface area contributed by atoms with Crippen molar-refractivity contribution in [2.75, 3.05) is 0 Å². The molecule has 2 rings (SSSR count). The molecule has 0 N–H and O–H groups in total. The standard InChI is InChI=1S/C13H7BrClF3/c14-7-1-3-9(12(18)5-7)13(15)10-6-8(16)2-4-11(10)17/h1-6,13H. The summed E-state index contributed by atoms with van der Waals surface area (Å²) < 4.78 is 40.8. The Morgan fingerprint density at radius 2 is 1.61 bits per heavy atom. The van der Waals surface area contributed by atoms with Crippen LogP contribution in [0.4, 0.5) is 13.2 Å². The van der Waals surface area contributed by atoms with Crippen LogP contribution in [0.1, 0.15) is 16.5 Å². The number of alkyl halides is 1. The van der Waals surface area contributed by atoms with Gasteiger partial charge >= 0.3 is 0 Å². The molecule has 0 saturated carbocycles. The van der Waals surface area contributed by atoms with Crippen molar-refractivity contribution in [3.63, 3.8) is 0 Å². The van der Waals surface area contributed by atoms with Crippen molar-refractivity contribution < 1.29 is 13.2 Å². The largest absolute Gasteiger partial charge is 0.207 e. The van der Waals surface area contributed by atoms with E-state index in [2.05, 4.69) is 15.9 Å². The van der Waals surface area contributed by atoms with E-state index in [1.165, 1.54) is 12.1 Å². The fraction of sp³-hybridized carbons (Fsp3) is 0.0769. The molecule has 0 aliphatic rings. The fourth-order valence-corrected chi connectivity index (χ4v) is 2.26. The van der Waals surface area contributed by atoms with E-state index >= 15 is 0 Å². The van der Waals surface area contributed by atoms with E-state index in [0.717, 1.165) is 18.2 Å². The fourth-order valence-electron chi connectivity index (χ4n) is 1.58. The summed E-state index contributed by atoms with van der Waals surface area (Å²) in [5.41, 5.74) is 0.0160. The highest BCUT2D eigenvalue weighted by molar-refractivity contribution is 9.10. The minimum absolute atomic E-state index is 0.0853. The van der Waals surface area contributed by atoms with E-state index in [-0.39, 0.29) is 11.1 Å². The molecular weight excluding hydrogens is 328 g/mol. The molecule has 0 spiro atoms. The van der Waals surface area contributed by atoms with Gasteiger partial charge in [-0.05, 0) is 30.3 Å². The summed E-state index contributed by atoms with van der Waals surface area (Å²) >= 11 is 9.12. The highest BCUT2D eigenvalue weighted by Gasteiger charge is 2.19. The third-order valence-corrected chi connectivity index (χ3v) is 3.43. The minimum Gasteiger partial charge on any atom is -0.207 e. The van der Waals surface area contributed by atoms with Gasteiger partial charge in [-0.25, -0.2) is 13.2 Å². The van der Waals surface area contributed by atoms with Crippen molar-refractivity contribution in [1.82, 2.24) is 0 Å². The molecule has 5 heteroatoms. The highest BCUT2D eigenvalue weighted by Crippen LogP contribution is 2.33. The van der Waals surface area contributed by atoms with E-state index in [0.29, 0.717) is 4.47 Å². The van der Waals surface area contributed by atoms with E-state index in [1.807, 2.05) is 0 Å². The molecule has 0 aliphatic carbocycles. The van der Waals surface area contributed by atoms with Gasteiger partial charge in [0.05, 0.1) is 5.38 Å². The molecule has 0 radical (unpaired) electrons. The van der Waals surface area contributed by atoms with Gasteiger partial charge in [-0.3, -0.25) is 0 Å². The van der Waals surface area contributed by atoms with Gasteiger partial charge in [-0.15, -0.1) is 11.6 Å². The van der Waals surface area contributed by atoms with E-state index in [9.17, 15) is 13.2 Å². The molecule has 18 heavy (non-hydrogen) atoms. The number of rotatable bonds is 2. The first-order valence-electron chi connectivity index (χ1n) is 5.03. The topological polar surface area (TPSA) is 0 Å². The summed E-state index contributed by atoms with van der Waals surface area (Å²) in [6, 6.07) is 7.17. The molecule has 2 aromatic carbocycles. The van der Waals surface area contributed by atoms with Crippen LogP contribution in [0.3, 0.4) is 0 Å². The van der Waals surface area contributed by atoms with Crippen LogP contribution in [0.15, 0.2) is 40.9 Å². The summed E-state index contributed by atoms with van der Waals surface area (Å²) in [5, 5.41) is -1.08. The lowest BCUT2D eigenvalue weighted by Gasteiger charge is -2.12. The molecule has 0 aromatic heterocycles. The third-order valence-electron chi connectivity index (χ3n) is 2.47. The third kappa shape index (κ3) is 2.70. The molecular formula is C13H7BrClF3. The molecule has 0 fully saturated rings. The summed E-state index contributed by atoms with van der Waals surface area (Å²) in [6.07, 6.45) is 0. The minimum atomic E-state index is -1.08. The lowest BCUT2D eigenvalue weighted by molar-refractivity contribution is 0.579. The predicted octanol–water partition coefficient (Wildman–Crippen LogP) is 5.19. The molecule has 1 atom stereocenters. The average Bonchev–Trinajstić information content (AvgIpc) is 2.31. The van der Waals surface area contributed by atoms with Gasteiger partial charge in [0.15, 0.2) is 0 Å². The molecule has 0 bridgehead atoms. The van der Waals surface area contributed by atoms with Crippen LogP contribution in [-0.4, -0.2) is 0 Å². The van der Waals surface area contributed by atoms with Crippen molar-refractivity contribution in [3.8, 4) is 0 Å². The van der Waals surface area contributed by atoms with Gasteiger partial charge < -0.3 is 0 Å². The first-order chi connectivity index (χ1) is 8.49. The molecule has 1 unspecified atom stereocenters. The van der Waals surface area contributed by atoms with Gasteiger partial charge in [0.25, 0.3) is 0 Å². The smallest absolute Gasteiger partial charge is 0.129 e. The van der Waals surface area contributed by atoms with Gasteiger partial charge in [0.2, 0.25) is 0 Å². The van der Waals surface area contributed by atoms with E-state index in [1.54, 1.807) is 6.07 Å². The van der Waals surface area contributed by atoms with Crippen molar-refractivity contribution in [2.45, 2.75) is 5.38 Å². The van der Waals surface area contributed by atoms with Gasteiger partial charge in [0.1, 0.15) is 17.5 Å². The number of hydrogen-bond acceptors (Lipinski definition) is 0. The van der Waals surface area contributed by atoms with Crippen molar-refractivity contribution in [3.05, 3.63) is 69.4 Å². The molecule has 0 nitrogen and oxygen atoms in total. The molecule has 0 amide bonds. The van der Waals surface area contributed by atoms with Crippen molar-refractivity contribution >= 4 is 27.5 Å². The van der Waals surface area contributed by atoms with Crippen LogP contribution < -0.4 is 0 Å². The van der Waals surface area contributed by atoms with Crippen LogP contribution in [0, 0.1) is 17.5 Å². The van der Waals surface area contributed by atoms with Crippen molar-refractivity contribution in [2.24, 2.45) is 0 Å². The van der Waals surface area contributed by atoms with Gasteiger partial charge in [0, 0.05) is 15.6 Å². The zero-order valence-corrected chi connectivity index (χ0v) is 11.3. The molecule has 0 heterocycles. The van der Waals surface area contributed by atoms with Gasteiger partial charge in [-0.2, -0.15) is 0 Å². The van der Waals surface area contributed by atoms with E-state index in [4.69, 9.17) is 11.6 Å². The van der Waals surface area contributed by atoms with Crippen LogP contribution in [-0.2, 0) is 0 Å². The maximum absolute atomic E-state index is 13.7. The number of benzene rings is 2. The first-order valence-corrected chi connectivity index (χ1v) is 6.26. The summed E-state index contributed by atoms with van der Waals surface area (Å²) in [4.78, 5) is 0. The maximum Gasteiger partial charge on any atom is 0.129 e. The number of hydrogen-bond donors (Lipinski definition) is 0.